The lowest BCUT2D eigenvalue weighted by Crippen LogP contribution is -2.19. The fourth-order valence-electron chi connectivity index (χ4n) is 2.11. The van der Waals surface area contributed by atoms with E-state index in [-0.39, 0.29) is 0 Å². The Bertz CT molecular complexity index is 838. The van der Waals surface area contributed by atoms with Crippen LogP contribution in [0, 0.1) is 0 Å². The minimum absolute atomic E-state index is 0.396. The molecule has 3 aromatic carbocycles. The van der Waals surface area contributed by atoms with Crippen molar-refractivity contribution in [2.24, 2.45) is 0 Å². The Hall–Kier alpha value is -2.98. The second-order valence-corrected chi connectivity index (χ2v) is 5.38. The van der Waals surface area contributed by atoms with Gasteiger partial charge in [0.2, 0.25) is 0 Å². The van der Waals surface area contributed by atoms with E-state index in [0.717, 1.165) is 0 Å². The Labute approximate surface area is 145 Å². The number of para-hydroxylation sites is 4. The van der Waals surface area contributed by atoms with Crippen LogP contribution in [0.2, 0.25) is 5.02 Å². The van der Waals surface area contributed by atoms with Gasteiger partial charge in [-0.3, -0.25) is 0 Å². The molecule has 0 heterocycles. The summed E-state index contributed by atoms with van der Waals surface area (Å²) >= 11 is 6.04. The molecule has 3 aromatic rings. The van der Waals surface area contributed by atoms with Crippen LogP contribution in [0.3, 0.4) is 0 Å². The van der Waals surface area contributed by atoms with Gasteiger partial charge in [-0.2, -0.15) is 0 Å². The molecule has 2 N–H and O–H groups in total. The number of benzene rings is 3. The van der Waals surface area contributed by atoms with Gasteiger partial charge in [-0.1, -0.05) is 54.1 Å². The number of anilines is 2. The molecule has 0 unspecified atom stereocenters. The third-order valence-corrected chi connectivity index (χ3v) is 3.56. The second kappa shape index (κ2) is 7.53. The first-order valence-electron chi connectivity index (χ1n) is 7.37. The van der Waals surface area contributed by atoms with Crippen LogP contribution in [0.15, 0.2) is 78.9 Å². The lowest BCUT2D eigenvalue weighted by molar-refractivity contribution is 0.262. The summed E-state index contributed by atoms with van der Waals surface area (Å²) in [5.74, 6) is 1.25. The summed E-state index contributed by atoms with van der Waals surface area (Å²) < 4.78 is 5.82. The Morgan fingerprint density at radius 3 is 2.08 bits per heavy atom. The number of amides is 2. The molecule has 0 saturated heterocycles. The highest BCUT2D eigenvalue weighted by atomic mass is 35.5. The van der Waals surface area contributed by atoms with E-state index in [2.05, 4.69) is 10.6 Å². The topological polar surface area (TPSA) is 50.4 Å². The molecule has 0 bridgehead atoms. The monoisotopic (exact) mass is 338 g/mol. The molecule has 3 rings (SSSR count). The predicted molar refractivity (Wildman–Crippen MR) is 97.1 cm³/mol. The van der Waals surface area contributed by atoms with E-state index < -0.39 is 6.03 Å². The molecular weight excluding hydrogens is 324 g/mol. The third-order valence-electron chi connectivity index (χ3n) is 3.23. The fraction of sp³-hybridized carbons (Fsp3) is 0. The van der Waals surface area contributed by atoms with Crippen LogP contribution in [0.25, 0.3) is 0 Å². The van der Waals surface area contributed by atoms with E-state index in [1.165, 1.54) is 0 Å². The van der Waals surface area contributed by atoms with Crippen molar-refractivity contribution in [2.45, 2.75) is 0 Å². The summed E-state index contributed by atoms with van der Waals surface area (Å²) in [6.07, 6.45) is 0. The Morgan fingerprint density at radius 2 is 1.33 bits per heavy atom. The average Bonchev–Trinajstić information content (AvgIpc) is 2.60. The van der Waals surface area contributed by atoms with Gasteiger partial charge in [0.1, 0.15) is 5.75 Å². The van der Waals surface area contributed by atoms with E-state index in [4.69, 9.17) is 16.3 Å². The Balaban J connectivity index is 1.73. The van der Waals surface area contributed by atoms with Crippen LogP contribution in [-0.2, 0) is 0 Å². The minimum Gasteiger partial charge on any atom is -0.455 e. The second-order valence-electron chi connectivity index (χ2n) is 4.97. The molecule has 0 spiro atoms. The quantitative estimate of drug-likeness (QED) is 0.633. The molecule has 0 aliphatic heterocycles. The predicted octanol–water partition coefficient (Wildman–Crippen LogP) is 5.78. The highest BCUT2D eigenvalue weighted by Gasteiger charge is 2.09. The number of ether oxygens (including phenoxy) is 1. The first-order chi connectivity index (χ1) is 11.7. The first-order valence-corrected chi connectivity index (χ1v) is 7.74. The summed E-state index contributed by atoms with van der Waals surface area (Å²) in [6, 6.07) is 23.2. The van der Waals surface area contributed by atoms with Crippen LogP contribution >= 0.6 is 11.6 Å². The molecule has 0 aliphatic rings. The van der Waals surface area contributed by atoms with Crippen molar-refractivity contribution in [3.8, 4) is 11.5 Å². The van der Waals surface area contributed by atoms with E-state index in [1.54, 1.807) is 36.4 Å². The number of nitrogens with one attached hydrogen (secondary N) is 2. The van der Waals surface area contributed by atoms with Crippen molar-refractivity contribution in [1.29, 1.82) is 0 Å². The Kier molecular flexibility index (Phi) is 4.99. The van der Waals surface area contributed by atoms with Gasteiger partial charge in [0.05, 0.1) is 16.4 Å². The number of hydrogen-bond acceptors (Lipinski definition) is 2. The molecule has 0 fully saturated rings. The average molecular weight is 339 g/mol. The maximum atomic E-state index is 12.2. The summed E-state index contributed by atoms with van der Waals surface area (Å²) in [7, 11) is 0. The first kappa shape index (κ1) is 15.9. The zero-order chi connectivity index (χ0) is 16.8. The summed E-state index contributed by atoms with van der Waals surface area (Å²) in [5.41, 5.74) is 1.10. The SMILES string of the molecule is O=C(Nc1ccccc1Cl)Nc1ccccc1Oc1ccccc1. The largest absolute Gasteiger partial charge is 0.455 e. The molecule has 120 valence electrons. The normalized spacial score (nSPS) is 10.0. The summed E-state index contributed by atoms with van der Waals surface area (Å²) in [6.45, 7) is 0. The summed E-state index contributed by atoms with van der Waals surface area (Å²) in [4.78, 5) is 12.2. The molecule has 5 heteroatoms. The standard InChI is InChI=1S/C19H15ClN2O2/c20-15-10-4-5-11-16(15)21-19(23)22-17-12-6-7-13-18(17)24-14-8-2-1-3-9-14/h1-13H,(H2,21,22,23). The molecule has 0 aromatic heterocycles. The van der Waals surface area contributed by atoms with Crippen LogP contribution in [-0.4, -0.2) is 6.03 Å². The van der Waals surface area contributed by atoms with Gasteiger partial charge in [0.25, 0.3) is 0 Å². The lowest BCUT2D eigenvalue weighted by atomic mass is 10.3. The van der Waals surface area contributed by atoms with Crippen molar-refractivity contribution in [3.05, 3.63) is 83.9 Å². The molecule has 0 radical (unpaired) electrons. The van der Waals surface area contributed by atoms with Crippen molar-refractivity contribution >= 4 is 29.0 Å². The van der Waals surface area contributed by atoms with Gasteiger partial charge in [0.15, 0.2) is 5.75 Å². The number of rotatable bonds is 4. The van der Waals surface area contributed by atoms with E-state index in [1.807, 2.05) is 42.5 Å². The lowest BCUT2D eigenvalue weighted by Gasteiger charge is -2.13. The van der Waals surface area contributed by atoms with Gasteiger partial charge >= 0.3 is 6.03 Å². The van der Waals surface area contributed by atoms with Crippen molar-refractivity contribution in [1.82, 2.24) is 0 Å². The summed E-state index contributed by atoms with van der Waals surface area (Å²) in [5, 5.41) is 5.96. The molecule has 0 aliphatic carbocycles. The molecular formula is C19H15ClN2O2. The van der Waals surface area contributed by atoms with Crippen LogP contribution in [0.1, 0.15) is 0 Å². The molecule has 24 heavy (non-hydrogen) atoms. The number of carbonyl (C=O) groups is 1. The van der Waals surface area contributed by atoms with Gasteiger partial charge in [-0.25, -0.2) is 4.79 Å². The zero-order valence-corrected chi connectivity index (χ0v) is 13.5. The van der Waals surface area contributed by atoms with E-state index in [9.17, 15) is 4.79 Å². The minimum atomic E-state index is -0.396. The highest BCUT2D eigenvalue weighted by Crippen LogP contribution is 2.29. The number of urea groups is 1. The molecule has 4 nitrogen and oxygen atoms in total. The molecule has 2 amide bonds. The number of halogens is 1. The Morgan fingerprint density at radius 1 is 0.750 bits per heavy atom. The van der Waals surface area contributed by atoms with Gasteiger partial charge in [-0.15, -0.1) is 0 Å². The third kappa shape index (κ3) is 4.06. The highest BCUT2D eigenvalue weighted by molar-refractivity contribution is 6.33. The van der Waals surface area contributed by atoms with Crippen LogP contribution in [0.4, 0.5) is 16.2 Å². The van der Waals surface area contributed by atoms with Gasteiger partial charge < -0.3 is 15.4 Å². The smallest absolute Gasteiger partial charge is 0.323 e. The van der Waals surface area contributed by atoms with Gasteiger partial charge in [0, 0.05) is 0 Å². The zero-order valence-electron chi connectivity index (χ0n) is 12.7. The molecule has 0 saturated carbocycles. The number of carbonyl (C=O) groups excluding carboxylic acids is 1. The van der Waals surface area contributed by atoms with Crippen LogP contribution in [0.5, 0.6) is 11.5 Å². The van der Waals surface area contributed by atoms with Gasteiger partial charge in [-0.05, 0) is 36.4 Å². The van der Waals surface area contributed by atoms with Crippen molar-refractivity contribution < 1.29 is 9.53 Å². The van der Waals surface area contributed by atoms with Crippen molar-refractivity contribution in [3.63, 3.8) is 0 Å². The molecule has 0 atom stereocenters. The maximum Gasteiger partial charge on any atom is 0.323 e. The maximum absolute atomic E-state index is 12.2. The van der Waals surface area contributed by atoms with Crippen LogP contribution < -0.4 is 15.4 Å². The van der Waals surface area contributed by atoms with Crippen molar-refractivity contribution in [2.75, 3.05) is 10.6 Å². The van der Waals surface area contributed by atoms with E-state index in [0.29, 0.717) is 27.9 Å². The fourth-order valence-corrected chi connectivity index (χ4v) is 2.30. The number of hydrogen-bond donors (Lipinski definition) is 2. The van der Waals surface area contributed by atoms with E-state index >= 15 is 0 Å².